The highest BCUT2D eigenvalue weighted by Crippen LogP contribution is 2.25. The Hall–Kier alpha value is -3.32. The summed E-state index contributed by atoms with van der Waals surface area (Å²) in [6, 6.07) is 16.8. The first-order valence-corrected chi connectivity index (χ1v) is 9.84. The first kappa shape index (κ1) is 19.0. The highest BCUT2D eigenvalue weighted by Gasteiger charge is 2.16. The number of ether oxygens (including phenoxy) is 1. The topological polar surface area (TPSA) is 88.2 Å². The molecule has 1 fully saturated rings. The van der Waals surface area contributed by atoms with Crippen LogP contribution in [0.2, 0.25) is 0 Å². The molecule has 0 atom stereocenters. The molecule has 2 aromatic carbocycles. The second-order valence-corrected chi connectivity index (χ2v) is 7.18. The lowest BCUT2D eigenvalue weighted by atomic mass is 10.2. The maximum Gasteiger partial charge on any atom is 0.332 e. The second kappa shape index (κ2) is 8.79. The van der Waals surface area contributed by atoms with Crippen molar-refractivity contribution in [2.45, 2.75) is 38.3 Å². The third-order valence-corrected chi connectivity index (χ3v) is 4.98. The summed E-state index contributed by atoms with van der Waals surface area (Å²) in [6.45, 7) is 0.555. The molecule has 3 N–H and O–H groups in total. The van der Waals surface area contributed by atoms with E-state index in [9.17, 15) is 9.59 Å². The molecule has 0 aliphatic heterocycles. The molecule has 0 amide bonds. The van der Waals surface area contributed by atoms with Crippen LogP contribution in [0.4, 0.5) is 5.69 Å². The molecule has 1 aliphatic rings. The van der Waals surface area contributed by atoms with Crippen LogP contribution in [-0.2, 0) is 6.54 Å². The van der Waals surface area contributed by atoms with Gasteiger partial charge >= 0.3 is 5.69 Å². The molecule has 0 radical (unpaired) electrons. The fraction of sp³-hybridized carbons (Fsp3) is 0.273. The van der Waals surface area contributed by atoms with Crippen LogP contribution in [-0.4, -0.2) is 15.7 Å². The summed E-state index contributed by atoms with van der Waals surface area (Å²) >= 11 is 0. The predicted molar refractivity (Wildman–Crippen MR) is 112 cm³/mol. The Labute approximate surface area is 168 Å². The average Bonchev–Trinajstić information content (AvgIpc) is 3.22. The van der Waals surface area contributed by atoms with Crippen molar-refractivity contribution in [2.75, 3.05) is 5.43 Å². The van der Waals surface area contributed by atoms with Crippen molar-refractivity contribution in [3.8, 4) is 11.4 Å². The monoisotopic (exact) mass is 392 g/mol. The van der Waals surface area contributed by atoms with Crippen LogP contribution in [0, 0.1) is 0 Å². The van der Waals surface area contributed by atoms with Crippen LogP contribution < -0.4 is 26.8 Å². The van der Waals surface area contributed by atoms with Gasteiger partial charge in [-0.1, -0.05) is 18.2 Å². The smallest absolute Gasteiger partial charge is 0.332 e. The Morgan fingerprint density at radius 3 is 2.69 bits per heavy atom. The van der Waals surface area contributed by atoms with Gasteiger partial charge in [0.25, 0.3) is 5.56 Å². The second-order valence-electron chi connectivity index (χ2n) is 7.18. The van der Waals surface area contributed by atoms with Gasteiger partial charge in [-0.2, -0.15) is 0 Å². The van der Waals surface area contributed by atoms with Crippen molar-refractivity contribution in [1.29, 1.82) is 0 Å². The lowest BCUT2D eigenvalue weighted by molar-refractivity contribution is 0.210. The molecule has 1 heterocycles. The number of hydrogen-bond donors (Lipinski definition) is 3. The van der Waals surface area contributed by atoms with Crippen molar-refractivity contribution in [2.24, 2.45) is 0 Å². The van der Waals surface area contributed by atoms with Gasteiger partial charge in [-0.05, 0) is 55.5 Å². The molecule has 3 aromatic rings. The minimum Gasteiger partial charge on any atom is -0.490 e. The Morgan fingerprint density at radius 2 is 1.86 bits per heavy atom. The van der Waals surface area contributed by atoms with Gasteiger partial charge < -0.3 is 10.2 Å². The summed E-state index contributed by atoms with van der Waals surface area (Å²) in [7, 11) is 0. The maximum atomic E-state index is 12.0. The summed E-state index contributed by atoms with van der Waals surface area (Å²) in [5.74, 6) is 0.878. The highest BCUT2D eigenvalue weighted by molar-refractivity contribution is 5.47. The molecule has 29 heavy (non-hydrogen) atoms. The van der Waals surface area contributed by atoms with Crippen LogP contribution in [0.25, 0.3) is 5.69 Å². The standard InChI is InChI=1S/C22H24N4O3/c27-21-11-12-26(22(28)24-21)18-7-3-5-16(13-18)15-23-25-17-6-4-10-20(14-17)29-19-8-1-2-9-19/h3-7,10-14,19,23,25H,1-2,8-9,15H2,(H,24,27,28). The van der Waals surface area contributed by atoms with E-state index in [-0.39, 0.29) is 0 Å². The summed E-state index contributed by atoms with van der Waals surface area (Å²) in [6.07, 6.45) is 6.55. The number of rotatable bonds is 7. The number of benzene rings is 2. The van der Waals surface area contributed by atoms with Gasteiger partial charge in [0, 0.05) is 24.9 Å². The van der Waals surface area contributed by atoms with Crippen LogP contribution in [0.3, 0.4) is 0 Å². The van der Waals surface area contributed by atoms with E-state index in [1.807, 2.05) is 48.5 Å². The number of hydrazine groups is 1. The summed E-state index contributed by atoms with van der Waals surface area (Å²) in [5, 5.41) is 0. The zero-order valence-corrected chi connectivity index (χ0v) is 16.1. The SMILES string of the molecule is O=c1ccn(-c2cccc(CNNc3cccc(OC4CCCC4)c3)c2)c(=O)[nH]1. The van der Waals surface area contributed by atoms with Crippen LogP contribution in [0.1, 0.15) is 31.2 Å². The largest absolute Gasteiger partial charge is 0.490 e. The molecule has 0 unspecified atom stereocenters. The van der Waals surface area contributed by atoms with Gasteiger partial charge in [0.15, 0.2) is 0 Å². The lowest BCUT2D eigenvalue weighted by Gasteiger charge is -2.15. The minimum absolute atomic E-state index is 0.331. The third-order valence-electron chi connectivity index (χ3n) is 4.98. The van der Waals surface area contributed by atoms with Crippen LogP contribution >= 0.6 is 0 Å². The summed E-state index contributed by atoms with van der Waals surface area (Å²) < 4.78 is 7.44. The fourth-order valence-electron chi connectivity index (χ4n) is 3.53. The Bertz CT molecular complexity index is 1080. The minimum atomic E-state index is -0.459. The summed E-state index contributed by atoms with van der Waals surface area (Å²) in [5.41, 5.74) is 8.12. The fourth-order valence-corrected chi connectivity index (χ4v) is 3.53. The number of H-pyrrole nitrogens is 1. The van der Waals surface area contributed by atoms with Gasteiger partial charge in [-0.3, -0.25) is 14.3 Å². The zero-order chi connectivity index (χ0) is 20.1. The van der Waals surface area contributed by atoms with Gasteiger partial charge in [-0.25, -0.2) is 10.2 Å². The normalized spacial score (nSPS) is 14.1. The number of nitrogens with zero attached hydrogens (tertiary/aromatic N) is 1. The molecule has 0 spiro atoms. The van der Waals surface area contributed by atoms with Crippen molar-refractivity contribution in [3.63, 3.8) is 0 Å². The quantitative estimate of drug-likeness (QED) is 0.538. The first-order valence-electron chi connectivity index (χ1n) is 9.84. The molecule has 0 bridgehead atoms. The van der Waals surface area contributed by atoms with Crippen molar-refractivity contribution in [1.82, 2.24) is 15.0 Å². The molecule has 1 aliphatic carbocycles. The van der Waals surface area contributed by atoms with Gasteiger partial charge in [0.05, 0.1) is 17.5 Å². The van der Waals surface area contributed by atoms with E-state index in [1.54, 1.807) is 0 Å². The molecular weight excluding hydrogens is 368 g/mol. The van der Waals surface area contributed by atoms with Crippen molar-refractivity contribution in [3.05, 3.63) is 87.2 Å². The number of nitrogens with one attached hydrogen (secondary N) is 3. The number of anilines is 1. The van der Waals surface area contributed by atoms with Crippen molar-refractivity contribution >= 4 is 5.69 Å². The number of hydrogen-bond acceptors (Lipinski definition) is 5. The molecule has 0 saturated heterocycles. The Kier molecular flexibility index (Phi) is 5.76. The van der Waals surface area contributed by atoms with E-state index in [2.05, 4.69) is 15.8 Å². The highest BCUT2D eigenvalue weighted by atomic mass is 16.5. The Morgan fingerprint density at radius 1 is 1.03 bits per heavy atom. The Balaban J connectivity index is 1.37. The van der Waals surface area contributed by atoms with Crippen LogP contribution in [0.5, 0.6) is 5.75 Å². The van der Waals surface area contributed by atoms with Crippen molar-refractivity contribution < 1.29 is 4.74 Å². The van der Waals surface area contributed by atoms with Crippen LogP contribution in [0.15, 0.2) is 70.4 Å². The molecule has 7 nitrogen and oxygen atoms in total. The first-order chi connectivity index (χ1) is 14.2. The predicted octanol–water partition coefficient (Wildman–Crippen LogP) is 2.96. The number of aromatic nitrogens is 2. The third kappa shape index (κ3) is 4.94. The lowest BCUT2D eigenvalue weighted by Crippen LogP contribution is -2.27. The van der Waals surface area contributed by atoms with E-state index in [1.165, 1.54) is 29.7 Å². The molecular formula is C22H24N4O3. The number of aromatic amines is 1. The molecule has 1 aromatic heterocycles. The molecule has 7 heteroatoms. The van der Waals surface area contributed by atoms with Gasteiger partial charge in [-0.15, -0.1) is 0 Å². The summed E-state index contributed by atoms with van der Waals surface area (Å²) in [4.78, 5) is 25.5. The zero-order valence-electron chi connectivity index (χ0n) is 16.1. The molecule has 1 saturated carbocycles. The van der Waals surface area contributed by atoms with Gasteiger partial charge in [0.2, 0.25) is 0 Å². The molecule has 150 valence electrons. The van der Waals surface area contributed by atoms with E-state index < -0.39 is 11.2 Å². The average molecular weight is 392 g/mol. The van der Waals surface area contributed by atoms with Gasteiger partial charge in [0.1, 0.15) is 5.75 Å². The maximum absolute atomic E-state index is 12.0. The van der Waals surface area contributed by atoms with E-state index in [0.717, 1.165) is 29.8 Å². The molecule has 4 rings (SSSR count). The van der Waals surface area contributed by atoms with E-state index in [4.69, 9.17) is 4.74 Å². The van der Waals surface area contributed by atoms with E-state index >= 15 is 0 Å². The van der Waals surface area contributed by atoms with E-state index in [0.29, 0.717) is 18.3 Å².